The highest BCUT2D eigenvalue weighted by molar-refractivity contribution is 5.72. The number of hydrogen-bond acceptors (Lipinski definition) is 8. The summed E-state index contributed by atoms with van der Waals surface area (Å²) in [4.78, 5) is 14.1. The summed E-state index contributed by atoms with van der Waals surface area (Å²) < 4.78 is 25.2. The fraction of sp³-hybridized carbons (Fsp3) is 0.968. The number of aliphatic hydroxyl groups is 2. The molecule has 3 heterocycles. The van der Waals surface area contributed by atoms with Gasteiger partial charge in [-0.2, -0.15) is 0 Å². The van der Waals surface area contributed by atoms with E-state index in [1.54, 1.807) is 0 Å². The molecule has 0 radical (unpaired) electrons. The van der Waals surface area contributed by atoms with E-state index >= 15 is 0 Å². The van der Waals surface area contributed by atoms with Gasteiger partial charge in [0, 0.05) is 11.3 Å². The first-order chi connectivity index (χ1) is 18.5. The Labute approximate surface area is 233 Å². The molecule has 3 saturated heterocycles. The zero-order valence-electron chi connectivity index (χ0n) is 24.4. The molecule has 7 fully saturated rings. The highest BCUT2D eigenvalue weighted by atomic mass is 16.7. The molecule has 4 aliphatic carbocycles. The zero-order chi connectivity index (χ0) is 27.5. The van der Waals surface area contributed by atoms with E-state index in [1.807, 2.05) is 25.9 Å². The van der Waals surface area contributed by atoms with Gasteiger partial charge in [-0.15, -0.1) is 0 Å². The fourth-order valence-electron chi connectivity index (χ4n) is 11.4. The lowest BCUT2D eigenvalue weighted by atomic mass is 9.42. The van der Waals surface area contributed by atoms with Crippen LogP contribution in [0.25, 0.3) is 0 Å². The molecular formula is C31H49NO7. The first-order valence-electron chi connectivity index (χ1n) is 15.7. The highest BCUT2D eigenvalue weighted by Crippen LogP contribution is 2.74. The molecule has 0 spiro atoms. The molecule has 0 aromatic carbocycles. The topological polar surface area (TPSA) is 97.7 Å². The molecule has 8 nitrogen and oxygen atoms in total. The number of hydrogen-bond donors (Lipinski definition) is 2. The van der Waals surface area contributed by atoms with E-state index in [-0.39, 0.29) is 40.7 Å². The second-order valence-corrected chi connectivity index (χ2v) is 15.0. The number of nitrogens with zero attached hydrogens (tertiary/aromatic N) is 1. The lowest BCUT2D eigenvalue weighted by Gasteiger charge is -2.67. The van der Waals surface area contributed by atoms with E-state index in [0.717, 1.165) is 25.7 Å². The van der Waals surface area contributed by atoms with Crippen molar-refractivity contribution in [2.24, 2.45) is 40.4 Å². The molecule has 3 aliphatic heterocycles. The van der Waals surface area contributed by atoms with E-state index in [0.29, 0.717) is 30.1 Å². The molecule has 0 unspecified atom stereocenters. The van der Waals surface area contributed by atoms with Crippen LogP contribution in [0.4, 0.5) is 0 Å². The van der Waals surface area contributed by atoms with Crippen molar-refractivity contribution in [3.63, 3.8) is 0 Å². The summed E-state index contributed by atoms with van der Waals surface area (Å²) in [5.74, 6) is 2.40. The van der Waals surface area contributed by atoms with Crippen LogP contribution in [0.1, 0.15) is 85.0 Å². The molecule has 220 valence electrons. The number of likely N-dealkylation sites (N-methyl/N-ethyl adjacent to an activating group) is 1. The van der Waals surface area contributed by atoms with E-state index in [9.17, 15) is 15.0 Å². The molecule has 8 heteroatoms. The van der Waals surface area contributed by atoms with Crippen LogP contribution >= 0.6 is 0 Å². The Kier molecular flexibility index (Phi) is 6.33. The number of esters is 1. The van der Waals surface area contributed by atoms with Gasteiger partial charge in [0.25, 0.3) is 0 Å². The van der Waals surface area contributed by atoms with Crippen LogP contribution < -0.4 is 0 Å². The molecule has 39 heavy (non-hydrogen) atoms. The second kappa shape index (κ2) is 9.11. The first-order valence-corrected chi connectivity index (χ1v) is 15.7. The Morgan fingerprint density at radius 1 is 0.949 bits per heavy atom. The monoisotopic (exact) mass is 547 g/mol. The quantitative estimate of drug-likeness (QED) is 0.410. The standard InChI is InChI=1S/C31H49NO7/c1-16-25(34)24(32(4)5)26(35)28(36-16)37-18-8-11-29(2)17(14-18)6-7-22-21(29)9-12-30(3)20-10-13-31(22,30)39-27-19(20)15-23(33)38-27/h16-22,24-28,34-35H,6-15H2,1-5H3/t16-,17-,18+,19+,20-,21+,22-,24-,25-,26+,27-,28-,29+,30-,31+/m1/s1. The third kappa shape index (κ3) is 3.67. The minimum atomic E-state index is -0.891. The highest BCUT2D eigenvalue weighted by Gasteiger charge is 2.74. The Bertz CT molecular complexity index is 992. The van der Waals surface area contributed by atoms with Crippen LogP contribution in [-0.2, 0) is 23.7 Å². The maximum absolute atomic E-state index is 12.2. The summed E-state index contributed by atoms with van der Waals surface area (Å²) in [5, 5.41) is 21.6. The van der Waals surface area contributed by atoms with Crippen LogP contribution in [0.2, 0.25) is 0 Å². The van der Waals surface area contributed by atoms with Gasteiger partial charge in [-0.3, -0.25) is 4.79 Å². The number of fused-ring (bicyclic) bond motifs is 5. The van der Waals surface area contributed by atoms with Gasteiger partial charge in [-0.1, -0.05) is 13.8 Å². The molecular weight excluding hydrogens is 498 g/mol. The van der Waals surface area contributed by atoms with Crippen molar-refractivity contribution in [2.45, 2.75) is 134 Å². The Balaban J connectivity index is 1.08. The second-order valence-electron chi connectivity index (χ2n) is 15.0. The third-order valence-electron chi connectivity index (χ3n) is 13.4. The van der Waals surface area contributed by atoms with Crippen molar-refractivity contribution in [3.05, 3.63) is 0 Å². The van der Waals surface area contributed by atoms with Gasteiger partial charge in [-0.25, -0.2) is 0 Å². The van der Waals surface area contributed by atoms with Crippen LogP contribution in [0.5, 0.6) is 0 Å². The van der Waals surface area contributed by atoms with Crippen LogP contribution in [0.3, 0.4) is 0 Å². The van der Waals surface area contributed by atoms with Gasteiger partial charge in [0.1, 0.15) is 6.10 Å². The summed E-state index contributed by atoms with van der Waals surface area (Å²) in [6.07, 6.45) is 7.60. The van der Waals surface area contributed by atoms with Crippen LogP contribution in [0.15, 0.2) is 0 Å². The summed E-state index contributed by atoms with van der Waals surface area (Å²) in [5.41, 5.74) is 0.225. The average molecular weight is 548 g/mol. The van der Waals surface area contributed by atoms with Crippen molar-refractivity contribution < 1.29 is 34.0 Å². The summed E-state index contributed by atoms with van der Waals surface area (Å²) >= 11 is 0. The number of ether oxygens (including phenoxy) is 4. The molecule has 15 atom stereocenters. The van der Waals surface area contributed by atoms with Gasteiger partial charge >= 0.3 is 5.97 Å². The molecule has 2 bridgehead atoms. The predicted octanol–water partition coefficient (Wildman–Crippen LogP) is 3.47. The predicted molar refractivity (Wildman–Crippen MR) is 142 cm³/mol. The van der Waals surface area contributed by atoms with Crippen molar-refractivity contribution in [3.8, 4) is 0 Å². The fourth-order valence-corrected chi connectivity index (χ4v) is 11.4. The summed E-state index contributed by atoms with van der Waals surface area (Å²) in [7, 11) is 3.76. The molecule has 4 saturated carbocycles. The maximum atomic E-state index is 12.2. The van der Waals surface area contributed by atoms with Crippen molar-refractivity contribution in [2.75, 3.05) is 14.1 Å². The van der Waals surface area contributed by atoms with Crippen molar-refractivity contribution in [1.29, 1.82) is 0 Å². The Morgan fingerprint density at radius 2 is 1.72 bits per heavy atom. The SMILES string of the molecule is C[C@H]1O[C@H](O[C@H]2CC[C@@]3(C)[C@H](CC[C@@H]4[C@@H]3CC[C@]3(C)[C@@H]5CC[C@]43O[C@H]3OC(=O)C[C@H]35)C2)[C@@H](O)[C@H](N(C)C)[C@@H]1O. The van der Waals surface area contributed by atoms with Gasteiger partial charge in [-0.05, 0) is 108 Å². The van der Waals surface area contributed by atoms with Crippen molar-refractivity contribution in [1.82, 2.24) is 4.90 Å². The van der Waals surface area contributed by atoms with Crippen LogP contribution in [-0.4, -0.2) is 83.8 Å². The molecule has 7 aliphatic rings. The summed E-state index contributed by atoms with van der Waals surface area (Å²) in [6, 6.07) is -0.414. The Hall–Kier alpha value is -0.770. The van der Waals surface area contributed by atoms with Crippen LogP contribution in [0, 0.1) is 40.4 Å². The average Bonchev–Trinajstić information content (AvgIpc) is 3.33. The van der Waals surface area contributed by atoms with Gasteiger partial charge < -0.3 is 34.1 Å². The molecule has 0 amide bonds. The van der Waals surface area contributed by atoms with E-state index in [4.69, 9.17) is 18.9 Å². The Morgan fingerprint density at radius 3 is 2.49 bits per heavy atom. The van der Waals surface area contributed by atoms with Gasteiger partial charge in [0.15, 0.2) is 6.29 Å². The minimum Gasteiger partial charge on any atom is -0.435 e. The normalized spacial score (nSPS) is 58.3. The number of carbonyl (C=O) groups excluding carboxylic acids is 1. The maximum Gasteiger partial charge on any atom is 0.308 e. The third-order valence-corrected chi connectivity index (χ3v) is 13.4. The zero-order valence-corrected chi connectivity index (χ0v) is 24.4. The number of rotatable bonds is 3. The lowest BCUT2D eigenvalue weighted by Crippen LogP contribution is -2.67. The van der Waals surface area contributed by atoms with Gasteiger partial charge in [0.2, 0.25) is 6.29 Å². The molecule has 7 rings (SSSR count). The van der Waals surface area contributed by atoms with Crippen molar-refractivity contribution >= 4 is 5.97 Å². The largest absolute Gasteiger partial charge is 0.435 e. The molecule has 2 N–H and O–H groups in total. The molecule has 0 aromatic rings. The lowest BCUT2D eigenvalue weighted by molar-refractivity contribution is -0.325. The van der Waals surface area contributed by atoms with E-state index in [1.165, 1.54) is 32.1 Å². The number of carbonyl (C=O) groups is 1. The molecule has 0 aromatic heterocycles. The first kappa shape index (κ1) is 27.1. The van der Waals surface area contributed by atoms with E-state index < -0.39 is 30.6 Å². The smallest absolute Gasteiger partial charge is 0.308 e. The van der Waals surface area contributed by atoms with E-state index in [2.05, 4.69) is 13.8 Å². The minimum absolute atomic E-state index is 0.0528. The van der Waals surface area contributed by atoms with Gasteiger partial charge in [0.05, 0.1) is 36.4 Å². The summed E-state index contributed by atoms with van der Waals surface area (Å²) in [6.45, 7) is 6.87. The number of aliphatic hydroxyl groups excluding tert-OH is 2.